The summed E-state index contributed by atoms with van der Waals surface area (Å²) in [6, 6.07) is 0.455. The number of fused-ring (bicyclic) bond motifs is 1. The van der Waals surface area contributed by atoms with Crippen LogP contribution in [0.2, 0.25) is 0 Å². The molecule has 5 rings (SSSR count). The van der Waals surface area contributed by atoms with Gasteiger partial charge in [-0.15, -0.1) is 11.8 Å². The molecule has 6 unspecified atom stereocenters. The molecule has 0 aromatic carbocycles. The number of carbonyl (C=O) groups is 2. The van der Waals surface area contributed by atoms with Gasteiger partial charge in [-0.2, -0.15) is 0 Å². The third kappa shape index (κ3) is 5.95. The van der Waals surface area contributed by atoms with Crippen molar-refractivity contribution < 1.29 is 19.1 Å². The molecule has 5 aliphatic rings. The number of hydrogen-bond donors (Lipinski definition) is 5. The van der Waals surface area contributed by atoms with Crippen LogP contribution in [0.5, 0.6) is 0 Å². The van der Waals surface area contributed by atoms with Crippen LogP contribution < -0.4 is 27.0 Å². The number of primary amides is 1. The van der Waals surface area contributed by atoms with Crippen LogP contribution in [0.15, 0.2) is 0 Å². The Balaban J connectivity index is 1.10. The summed E-state index contributed by atoms with van der Waals surface area (Å²) in [5, 5.41) is 13.9. The SMILES string of the molecule is NC(=O)CNC1CCNC(NC2CCC(C3CSC4C(=O)CC(N5CCOCC5)OC43)CC2)N1. The lowest BCUT2D eigenvalue weighted by Crippen LogP contribution is -2.66. The van der Waals surface area contributed by atoms with E-state index < -0.39 is 0 Å². The van der Waals surface area contributed by atoms with Crippen molar-refractivity contribution in [1.82, 2.24) is 26.2 Å². The van der Waals surface area contributed by atoms with Crippen molar-refractivity contribution in [3.8, 4) is 0 Å². The van der Waals surface area contributed by atoms with Gasteiger partial charge in [-0.25, -0.2) is 0 Å². The number of thioether (sulfide) groups is 1. The fourth-order valence-electron chi connectivity index (χ4n) is 6.24. The number of nitrogens with zero attached hydrogens (tertiary/aromatic N) is 1. The van der Waals surface area contributed by atoms with Gasteiger partial charge in [0.05, 0.1) is 37.3 Å². The summed E-state index contributed by atoms with van der Waals surface area (Å²) in [6.07, 6.45) is 6.12. The smallest absolute Gasteiger partial charge is 0.231 e. The first kappa shape index (κ1) is 24.9. The zero-order chi connectivity index (χ0) is 23.5. The minimum Gasteiger partial charge on any atom is -0.379 e. The minimum absolute atomic E-state index is 0.0265. The Hall–Kier alpha value is -0.790. The van der Waals surface area contributed by atoms with Gasteiger partial charge in [0.2, 0.25) is 5.91 Å². The van der Waals surface area contributed by atoms with Crippen LogP contribution in [0.25, 0.3) is 0 Å². The maximum absolute atomic E-state index is 12.9. The quantitative estimate of drug-likeness (QED) is 0.304. The number of ether oxygens (including phenoxy) is 2. The molecule has 0 spiro atoms. The average molecular weight is 497 g/mol. The number of amides is 1. The van der Waals surface area contributed by atoms with Crippen molar-refractivity contribution in [2.24, 2.45) is 17.6 Å². The largest absolute Gasteiger partial charge is 0.379 e. The second-order valence-electron chi connectivity index (χ2n) is 10.3. The van der Waals surface area contributed by atoms with Crippen LogP contribution in [0.3, 0.4) is 0 Å². The number of ketones is 1. The van der Waals surface area contributed by atoms with Crippen LogP contribution >= 0.6 is 11.8 Å². The monoisotopic (exact) mass is 496 g/mol. The first-order valence-corrected chi connectivity index (χ1v) is 14.0. The van der Waals surface area contributed by atoms with Gasteiger partial charge >= 0.3 is 0 Å². The maximum Gasteiger partial charge on any atom is 0.231 e. The Morgan fingerprint density at radius 3 is 2.74 bits per heavy atom. The van der Waals surface area contributed by atoms with Crippen molar-refractivity contribution in [2.45, 2.75) is 74.6 Å². The molecule has 6 atom stereocenters. The summed E-state index contributed by atoms with van der Waals surface area (Å²) in [7, 11) is 0. The van der Waals surface area contributed by atoms with E-state index in [-0.39, 0.29) is 42.5 Å². The van der Waals surface area contributed by atoms with Gasteiger partial charge in [0.1, 0.15) is 12.5 Å². The molecule has 10 nitrogen and oxygen atoms in total. The van der Waals surface area contributed by atoms with Gasteiger partial charge in [-0.05, 0) is 49.7 Å². The van der Waals surface area contributed by atoms with E-state index in [0.29, 0.717) is 30.1 Å². The summed E-state index contributed by atoms with van der Waals surface area (Å²) < 4.78 is 12.1. The Morgan fingerprint density at radius 1 is 1.18 bits per heavy atom. The van der Waals surface area contributed by atoms with Gasteiger partial charge < -0.3 is 15.2 Å². The van der Waals surface area contributed by atoms with Crippen molar-refractivity contribution >= 4 is 23.5 Å². The normalized spacial score (nSPS) is 41.8. The number of rotatable bonds is 7. The van der Waals surface area contributed by atoms with Gasteiger partial charge in [-0.1, -0.05) is 0 Å². The van der Waals surface area contributed by atoms with Crippen molar-refractivity contribution in [3.05, 3.63) is 0 Å². The van der Waals surface area contributed by atoms with Crippen molar-refractivity contribution in [3.63, 3.8) is 0 Å². The number of carbonyl (C=O) groups excluding carboxylic acids is 2. The van der Waals surface area contributed by atoms with E-state index in [1.54, 1.807) is 0 Å². The van der Waals surface area contributed by atoms with Crippen molar-refractivity contribution in [2.75, 3.05) is 45.1 Å². The number of nitrogens with one attached hydrogen (secondary N) is 4. The molecule has 1 aliphatic carbocycles. The van der Waals surface area contributed by atoms with E-state index in [1.807, 2.05) is 11.8 Å². The highest BCUT2D eigenvalue weighted by Crippen LogP contribution is 2.46. The molecule has 5 fully saturated rings. The molecule has 1 amide bonds. The molecular weight excluding hydrogens is 456 g/mol. The zero-order valence-electron chi connectivity index (χ0n) is 19.9. The molecule has 0 aromatic rings. The molecule has 4 saturated heterocycles. The first-order chi connectivity index (χ1) is 16.6. The molecule has 0 bridgehead atoms. The molecule has 4 aliphatic heterocycles. The molecular formula is C23H40N6O4S. The Bertz CT molecular complexity index is 718. The Morgan fingerprint density at radius 2 is 1.97 bits per heavy atom. The molecule has 34 heavy (non-hydrogen) atoms. The van der Waals surface area contributed by atoms with E-state index in [1.165, 1.54) is 12.8 Å². The lowest BCUT2D eigenvalue weighted by Gasteiger charge is -2.43. The average Bonchev–Trinajstić information content (AvgIpc) is 3.29. The summed E-state index contributed by atoms with van der Waals surface area (Å²) in [5.74, 6) is 2.17. The highest BCUT2D eigenvalue weighted by molar-refractivity contribution is 8.01. The molecule has 4 heterocycles. The summed E-state index contributed by atoms with van der Waals surface area (Å²) >= 11 is 1.83. The topological polar surface area (TPSA) is 130 Å². The van der Waals surface area contributed by atoms with Gasteiger partial charge in [-0.3, -0.25) is 35.8 Å². The van der Waals surface area contributed by atoms with E-state index in [0.717, 1.165) is 57.9 Å². The van der Waals surface area contributed by atoms with Gasteiger partial charge in [0.15, 0.2) is 5.78 Å². The predicted molar refractivity (Wildman–Crippen MR) is 130 cm³/mol. The second kappa shape index (κ2) is 11.5. The molecule has 11 heteroatoms. The minimum atomic E-state index is -0.338. The molecule has 1 saturated carbocycles. The van der Waals surface area contributed by atoms with Crippen molar-refractivity contribution in [1.29, 1.82) is 0 Å². The third-order valence-corrected chi connectivity index (χ3v) is 9.57. The zero-order valence-corrected chi connectivity index (χ0v) is 20.7. The summed E-state index contributed by atoms with van der Waals surface area (Å²) in [6.45, 7) is 4.23. The van der Waals surface area contributed by atoms with Gasteiger partial charge in [0, 0.05) is 32.1 Å². The first-order valence-electron chi connectivity index (χ1n) is 13.0. The van der Waals surface area contributed by atoms with E-state index in [9.17, 15) is 9.59 Å². The Kier molecular flexibility index (Phi) is 8.42. The highest BCUT2D eigenvalue weighted by Gasteiger charge is 2.50. The van der Waals surface area contributed by atoms with Crippen LogP contribution in [-0.4, -0.2) is 97.8 Å². The fraction of sp³-hybridized carbons (Fsp3) is 0.913. The molecule has 0 aromatic heterocycles. The molecule has 0 radical (unpaired) electrons. The summed E-state index contributed by atoms with van der Waals surface area (Å²) in [5.41, 5.74) is 5.26. The highest BCUT2D eigenvalue weighted by atomic mass is 32.2. The van der Waals surface area contributed by atoms with E-state index >= 15 is 0 Å². The molecule has 192 valence electrons. The van der Waals surface area contributed by atoms with E-state index in [2.05, 4.69) is 26.2 Å². The number of nitrogens with two attached hydrogens (primary N) is 1. The second-order valence-corrected chi connectivity index (χ2v) is 11.5. The predicted octanol–water partition coefficient (Wildman–Crippen LogP) is -0.850. The number of morpholine rings is 1. The standard InChI is InChI=1S/C23H40N6O4S/c24-18(31)12-26-19-5-6-25-23(28-19)27-15-3-1-14(2-4-15)16-13-34-22-17(30)11-20(33-21(16)22)29-7-9-32-10-8-29/h14-16,19-23,25-28H,1-13H2,(H2,24,31). The lowest BCUT2D eigenvalue weighted by atomic mass is 9.75. The van der Waals surface area contributed by atoms with Crippen LogP contribution in [0, 0.1) is 11.8 Å². The lowest BCUT2D eigenvalue weighted by molar-refractivity contribution is -0.170. The summed E-state index contributed by atoms with van der Waals surface area (Å²) in [4.78, 5) is 26.3. The van der Waals surface area contributed by atoms with Crippen LogP contribution in [0.4, 0.5) is 0 Å². The van der Waals surface area contributed by atoms with E-state index in [4.69, 9.17) is 15.2 Å². The number of hydrogen-bond acceptors (Lipinski definition) is 10. The van der Waals surface area contributed by atoms with Crippen LogP contribution in [-0.2, 0) is 19.1 Å². The Labute approximate surface area is 206 Å². The van der Waals surface area contributed by atoms with Crippen LogP contribution in [0.1, 0.15) is 38.5 Å². The maximum atomic E-state index is 12.9. The van der Waals surface area contributed by atoms with Gasteiger partial charge in [0.25, 0.3) is 0 Å². The fourth-order valence-corrected chi connectivity index (χ4v) is 7.87. The third-order valence-electron chi connectivity index (χ3n) is 8.10. The number of Topliss-reactive ketones (excluding diaryl/α,β-unsaturated/α-hetero) is 1. The molecule has 6 N–H and O–H groups in total.